The van der Waals surface area contributed by atoms with Gasteiger partial charge in [0, 0.05) is 17.0 Å². The molecule has 0 fully saturated rings. The summed E-state index contributed by atoms with van der Waals surface area (Å²) < 4.78 is 5.40. The number of benzene rings is 2. The van der Waals surface area contributed by atoms with E-state index in [1.165, 1.54) is 17.2 Å². The molecule has 1 unspecified atom stereocenters. The van der Waals surface area contributed by atoms with Crippen molar-refractivity contribution in [2.75, 3.05) is 18.5 Å². The standard InChI is InChI=1S/C23H31ClN2O3.C2H6/c1-6-8-16(3)19-13-17(24)9-11-20(19)23(4,5)15-25-21-12-10-18(29-7-2)14-22(21)26(27)28;1-2/h9-14,16,25H,6-8,15H2,1-5H3;1-2H3. The lowest BCUT2D eigenvalue weighted by Gasteiger charge is -2.30. The maximum atomic E-state index is 11.5. The summed E-state index contributed by atoms with van der Waals surface area (Å²) in [6, 6.07) is 11.0. The van der Waals surface area contributed by atoms with E-state index >= 15 is 0 Å². The molecule has 0 radical (unpaired) electrons. The zero-order chi connectivity index (χ0) is 23.6. The van der Waals surface area contributed by atoms with Crippen molar-refractivity contribution in [2.45, 2.75) is 72.6 Å². The number of hydrogen-bond donors (Lipinski definition) is 1. The summed E-state index contributed by atoms with van der Waals surface area (Å²) in [5.41, 5.74) is 2.72. The van der Waals surface area contributed by atoms with Crippen molar-refractivity contribution in [2.24, 2.45) is 0 Å². The minimum absolute atomic E-state index is 0.0161. The van der Waals surface area contributed by atoms with Crippen LogP contribution in [0.1, 0.15) is 78.4 Å². The van der Waals surface area contributed by atoms with Gasteiger partial charge in [-0.2, -0.15) is 0 Å². The van der Waals surface area contributed by atoms with E-state index in [9.17, 15) is 10.1 Å². The Morgan fingerprint density at radius 2 is 1.84 bits per heavy atom. The van der Waals surface area contributed by atoms with E-state index < -0.39 is 0 Å². The highest BCUT2D eigenvalue weighted by Gasteiger charge is 2.27. The number of nitrogens with one attached hydrogen (secondary N) is 1. The van der Waals surface area contributed by atoms with Crippen molar-refractivity contribution in [3.05, 3.63) is 62.7 Å². The Labute approximate surface area is 192 Å². The number of nitro benzene ring substituents is 1. The molecule has 1 atom stereocenters. The van der Waals surface area contributed by atoms with Gasteiger partial charge in [0.25, 0.3) is 5.69 Å². The predicted octanol–water partition coefficient (Wildman–Crippen LogP) is 7.97. The topological polar surface area (TPSA) is 64.4 Å². The molecular weight excluding hydrogens is 412 g/mol. The lowest BCUT2D eigenvalue weighted by Crippen LogP contribution is -2.29. The quantitative estimate of drug-likeness (QED) is 0.295. The highest BCUT2D eigenvalue weighted by molar-refractivity contribution is 6.30. The van der Waals surface area contributed by atoms with Crippen molar-refractivity contribution in [1.82, 2.24) is 0 Å². The normalized spacial score (nSPS) is 11.9. The third-order valence-corrected chi connectivity index (χ3v) is 5.43. The molecule has 0 saturated carbocycles. The first-order valence-corrected chi connectivity index (χ1v) is 11.5. The summed E-state index contributed by atoms with van der Waals surface area (Å²) in [5.74, 6) is 0.894. The molecule has 1 N–H and O–H groups in total. The van der Waals surface area contributed by atoms with Crippen LogP contribution in [0.15, 0.2) is 36.4 Å². The molecule has 5 nitrogen and oxygen atoms in total. The summed E-state index contributed by atoms with van der Waals surface area (Å²) >= 11 is 6.28. The zero-order valence-electron chi connectivity index (χ0n) is 19.9. The maximum absolute atomic E-state index is 11.5. The van der Waals surface area contributed by atoms with Gasteiger partial charge in [-0.05, 0) is 54.7 Å². The average Bonchev–Trinajstić information content (AvgIpc) is 2.74. The van der Waals surface area contributed by atoms with Crippen LogP contribution < -0.4 is 10.1 Å². The average molecular weight is 449 g/mol. The third kappa shape index (κ3) is 7.42. The summed E-state index contributed by atoms with van der Waals surface area (Å²) in [6.45, 7) is 15.6. The van der Waals surface area contributed by atoms with Crippen LogP contribution in [0.2, 0.25) is 5.02 Å². The van der Waals surface area contributed by atoms with E-state index in [-0.39, 0.29) is 16.0 Å². The van der Waals surface area contributed by atoms with Crippen LogP contribution in [0.5, 0.6) is 5.75 Å². The molecule has 0 spiro atoms. The Morgan fingerprint density at radius 3 is 2.42 bits per heavy atom. The Balaban J connectivity index is 0.00000233. The van der Waals surface area contributed by atoms with Gasteiger partial charge in [0.05, 0.1) is 17.6 Å². The molecule has 0 aliphatic carbocycles. The Bertz CT molecular complexity index is 853. The summed E-state index contributed by atoms with van der Waals surface area (Å²) in [5, 5.41) is 15.5. The van der Waals surface area contributed by atoms with Gasteiger partial charge in [-0.25, -0.2) is 0 Å². The van der Waals surface area contributed by atoms with Crippen LogP contribution >= 0.6 is 11.6 Å². The molecule has 2 aromatic rings. The molecule has 172 valence electrons. The Morgan fingerprint density at radius 1 is 1.16 bits per heavy atom. The number of rotatable bonds is 10. The van der Waals surface area contributed by atoms with Gasteiger partial charge >= 0.3 is 0 Å². The van der Waals surface area contributed by atoms with Gasteiger partial charge in [-0.15, -0.1) is 0 Å². The minimum Gasteiger partial charge on any atom is -0.494 e. The molecule has 0 aromatic heterocycles. The van der Waals surface area contributed by atoms with E-state index in [0.717, 1.165) is 17.9 Å². The number of halogens is 1. The van der Waals surface area contributed by atoms with Gasteiger partial charge in [-0.1, -0.05) is 65.6 Å². The Hall–Kier alpha value is -2.27. The van der Waals surface area contributed by atoms with Gasteiger partial charge < -0.3 is 10.1 Å². The van der Waals surface area contributed by atoms with Crippen LogP contribution in [0, 0.1) is 10.1 Å². The fourth-order valence-corrected chi connectivity index (χ4v) is 3.81. The number of nitrogens with zero attached hydrogens (tertiary/aromatic N) is 1. The second-order valence-corrected chi connectivity index (χ2v) is 8.46. The number of nitro groups is 1. The summed E-state index contributed by atoms with van der Waals surface area (Å²) in [7, 11) is 0. The van der Waals surface area contributed by atoms with Crippen molar-refractivity contribution in [3.8, 4) is 5.75 Å². The van der Waals surface area contributed by atoms with E-state index in [1.807, 2.05) is 26.8 Å². The first-order chi connectivity index (χ1) is 14.7. The smallest absolute Gasteiger partial charge is 0.296 e. The molecule has 6 heteroatoms. The molecule has 0 heterocycles. The van der Waals surface area contributed by atoms with Crippen molar-refractivity contribution >= 4 is 23.0 Å². The second kappa shape index (κ2) is 12.6. The highest BCUT2D eigenvalue weighted by Crippen LogP contribution is 2.36. The monoisotopic (exact) mass is 448 g/mol. The molecule has 2 rings (SSSR count). The second-order valence-electron chi connectivity index (χ2n) is 8.03. The van der Waals surface area contributed by atoms with Gasteiger partial charge in [0.1, 0.15) is 11.4 Å². The minimum atomic E-state index is -0.380. The molecule has 0 amide bonds. The number of hydrogen-bond acceptors (Lipinski definition) is 4. The zero-order valence-corrected chi connectivity index (χ0v) is 20.7. The molecule has 31 heavy (non-hydrogen) atoms. The van der Waals surface area contributed by atoms with Crippen molar-refractivity contribution in [3.63, 3.8) is 0 Å². The molecule has 0 bridgehead atoms. The highest BCUT2D eigenvalue weighted by atomic mass is 35.5. The lowest BCUT2D eigenvalue weighted by molar-refractivity contribution is -0.384. The summed E-state index contributed by atoms with van der Waals surface area (Å²) in [6.07, 6.45) is 2.19. The number of ether oxygens (including phenoxy) is 1. The van der Waals surface area contributed by atoms with Crippen LogP contribution in [0.4, 0.5) is 11.4 Å². The van der Waals surface area contributed by atoms with Gasteiger partial charge in [-0.3, -0.25) is 10.1 Å². The van der Waals surface area contributed by atoms with E-state index in [2.05, 4.69) is 45.1 Å². The SMILES string of the molecule is CC.CCCC(C)c1cc(Cl)ccc1C(C)(C)CNc1ccc(OCC)cc1[N+](=O)[O-]. The summed E-state index contributed by atoms with van der Waals surface area (Å²) in [4.78, 5) is 11.1. The Kier molecular flexibility index (Phi) is 10.8. The van der Waals surface area contributed by atoms with Gasteiger partial charge in [0.2, 0.25) is 0 Å². The van der Waals surface area contributed by atoms with Crippen molar-refractivity contribution < 1.29 is 9.66 Å². The van der Waals surface area contributed by atoms with Crippen LogP contribution in [-0.2, 0) is 5.41 Å². The molecule has 0 saturated heterocycles. The molecule has 0 aliphatic rings. The maximum Gasteiger partial charge on any atom is 0.296 e. The fourth-order valence-electron chi connectivity index (χ4n) is 3.63. The van der Waals surface area contributed by atoms with Crippen LogP contribution in [0.3, 0.4) is 0 Å². The lowest BCUT2D eigenvalue weighted by atomic mass is 9.78. The third-order valence-electron chi connectivity index (χ3n) is 5.19. The first kappa shape index (κ1) is 26.8. The largest absolute Gasteiger partial charge is 0.494 e. The molecule has 0 aliphatic heterocycles. The van der Waals surface area contributed by atoms with Gasteiger partial charge in [0.15, 0.2) is 0 Å². The van der Waals surface area contributed by atoms with Crippen molar-refractivity contribution in [1.29, 1.82) is 0 Å². The van der Waals surface area contributed by atoms with Crippen LogP contribution in [-0.4, -0.2) is 18.1 Å². The van der Waals surface area contributed by atoms with E-state index in [0.29, 0.717) is 30.5 Å². The number of anilines is 1. The fraction of sp³-hybridized carbons (Fsp3) is 0.520. The van der Waals surface area contributed by atoms with E-state index in [4.69, 9.17) is 16.3 Å². The predicted molar refractivity (Wildman–Crippen MR) is 132 cm³/mol. The van der Waals surface area contributed by atoms with Crippen LogP contribution in [0.25, 0.3) is 0 Å². The van der Waals surface area contributed by atoms with E-state index in [1.54, 1.807) is 12.1 Å². The molecule has 2 aromatic carbocycles. The molecular formula is C25H37ClN2O3. The first-order valence-electron chi connectivity index (χ1n) is 11.1.